The molecule has 1 heterocycles. The summed E-state index contributed by atoms with van der Waals surface area (Å²) in [4.78, 5) is 22.6. The van der Waals surface area contributed by atoms with Crippen LogP contribution in [0.2, 0.25) is 0 Å². The molecule has 1 amide bonds. The van der Waals surface area contributed by atoms with E-state index >= 15 is 0 Å². The zero-order chi connectivity index (χ0) is 11.3. The molecule has 0 spiro atoms. The van der Waals surface area contributed by atoms with Gasteiger partial charge in [0.25, 0.3) is 5.91 Å². The predicted molar refractivity (Wildman–Crippen MR) is 56.7 cm³/mol. The normalized spacial score (nSPS) is 10.3. The molecule has 0 fully saturated rings. The smallest absolute Gasteiger partial charge is 0.273 e. The van der Waals surface area contributed by atoms with Crippen molar-refractivity contribution in [1.82, 2.24) is 14.9 Å². The molecule has 0 atom stereocenters. The lowest BCUT2D eigenvalue weighted by atomic mass is 10.1. The summed E-state index contributed by atoms with van der Waals surface area (Å²) in [5, 5.41) is 7.65. The summed E-state index contributed by atoms with van der Waals surface area (Å²) in [6, 6.07) is 0. The van der Waals surface area contributed by atoms with Crippen molar-refractivity contribution in [2.24, 2.45) is 5.92 Å². The maximum Gasteiger partial charge on any atom is 0.273 e. The fourth-order valence-electron chi connectivity index (χ4n) is 1.06. The van der Waals surface area contributed by atoms with E-state index in [0.717, 1.165) is 11.5 Å². The Hall–Kier alpha value is -1.30. The van der Waals surface area contributed by atoms with Gasteiger partial charge in [0.15, 0.2) is 11.5 Å². The Bertz CT molecular complexity index is 335. The first-order chi connectivity index (χ1) is 7.09. The van der Waals surface area contributed by atoms with Crippen LogP contribution in [0.1, 0.15) is 30.8 Å². The van der Waals surface area contributed by atoms with Crippen molar-refractivity contribution in [3.63, 3.8) is 0 Å². The molecule has 6 heteroatoms. The highest BCUT2D eigenvalue weighted by molar-refractivity contribution is 7.03. The van der Waals surface area contributed by atoms with Crippen LogP contribution in [0.25, 0.3) is 0 Å². The number of hydrogen-bond acceptors (Lipinski definition) is 5. The van der Waals surface area contributed by atoms with Gasteiger partial charge in [-0.25, -0.2) is 0 Å². The molecule has 0 aliphatic carbocycles. The molecule has 5 nitrogen and oxygen atoms in total. The zero-order valence-corrected chi connectivity index (χ0v) is 9.50. The van der Waals surface area contributed by atoms with Crippen molar-refractivity contribution in [2.75, 3.05) is 6.54 Å². The van der Waals surface area contributed by atoms with Crippen LogP contribution in [0.3, 0.4) is 0 Å². The Balaban J connectivity index is 2.32. The highest BCUT2D eigenvalue weighted by Gasteiger charge is 2.10. The van der Waals surface area contributed by atoms with E-state index in [4.69, 9.17) is 0 Å². The molecule has 0 aromatic carbocycles. The second-order valence-electron chi connectivity index (χ2n) is 3.61. The summed E-state index contributed by atoms with van der Waals surface area (Å²) in [6.45, 7) is 3.99. The first-order valence-corrected chi connectivity index (χ1v) is 5.50. The highest BCUT2D eigenvalue weighted by Crippen LogP contribution is 2.00. The van der Waals surface area contributed by atoms with Crippen molar-refractivity contribution in [3.05, 3.63) is 11.1 Å². The summed E-state index contributed by atoms with van der Waals surface area (Å²) in [5.41, 5.74) is 0.261. The summed E-state index contributed by atoms with van der Waals surface area (Å²) in [5.74, 6) is -0.00210. The number of hydrogen-bond donors (Lipinski definition) is 1. The Morgan fingerprint density at radius 2 is 2.27 bits per heavy atom. The molecule has 1 N–H and O–H groups in total. The van der Waals surface area contributed by atoms with Crippen LogP contribution in [0.15, 0.2) is 5.38 Å². The van der Waals surface area contributed by atoms with E-state index in [2.05, 4.69) is 14.9 Å². The maximum absolute atomic E-state index is 11.3. The SMILES string of the molecule is CC(C)CC(=O)CNC(=O)c1csnn1. The summed E-state index contributed by atoms with van der Waals surface area (Å²) >= 11 is 1.11. The number of amides is 1. The third-order valence-electron chi connectivity index (χ3n) is 1.67. The second-order valence-corrected chi connectivity index (χ2v) is 4.22. The Kier molecular flexibility index (Phi) is 4.36. The van der Waals surface area contributed by atoms with E-state index in [9.17, 15) is 9.59 Å². The highest BCUT2D eigenvalue weighted by atomic mass is 32.1. The third kappa shape index (κ3) is 4.16. The largest absolute Gasteiger partial charge is 0.344 e. The average Bonchev–Trinajstić information content (AvgIpc) is 2.65. The quantitative estimate of drug-likeness (QED) is 0.810. The monoisotopic (exact) mass is 227 g/mol. The van der Waals surface area contributed by atoms with Crippen molar-refractivity contribution in [3.8, 4) is 0 Å². The number of Topliss-reactive ketones (excluding diaryl/α,β-unsaturated/α-hetero) is 1. The molecule has 0 saturated heterocycles. The molecule has 0 saturated carbocycles. The minimum atomic E-state index is -0.346. The van der Waals surface area contributed by atoms with E-state index < -0.39 is 0 Å². The number of rotatable bonds is 5. The standard InChI is InChI=1S/C9H13N3O2S/c1-6(2)3-7(13)4-10-9(14)8-5-15-12-11-8/h5-6H,3-4H2,1-2H3,(H,10,14). The van der Waals surface area contributed by atoms with Gasteiger partial charge in [-0.1, -0.05) is 18.3 Å². The molecule has 1 rings (SSSR count). The molecular weight excluding hydrogens is 214 g/mol. The predicted octanol–water partition coefficient (Wildman–Crippen LogP) is 0.883. The average molecular weight is 227 g/mol. The first-order valence-electron chi connectivity index (χ1n) is 4.66. The fraction of sp³-hybridized carbons (Fsp3) is 0.556. The molecule has 0 aliphatic rings. The van der Waals surface area contributed by atoms with E-state index in [1.54, 1.807) is 5.38 Å². The molecule has 82 valence electrons. The van der Waals surface area contributed by atoms with E-state index in [1.165, 1.54) is 0 Å². The van der Waals surface area contributed by atoms with Gasteiger partial charge in [-0.05, 0) is 17.5 Å². The van der Waals surface area contributed by atoms with E-state index in [-0.39, 0.29) is 23.9 Å². The van der Waals surface area contributed by atoms with Gasteiger partial charge in [0, 0.05) is 11.8 Å². The van der Waals surface area contributed by atoms with Crippen LogP contribution in [0.5, 0.6) is 0 Å². The van der Waals surface area contributed by atoms with Crippen molar-refractivity contribution >= 4 is 23.2 Å². The Morgan fingerprint density at radius 1 is 1.53 bits per heavy atom. The zero-order valence-electron chi connectivity index (χ0n) is 8.69. The van der Waals surface area contributed by atoms with Gasteiger partial charge in [-0.3, -0.25) is 9.59 Å². The van der Waals surface area contributed by atoms with Crippen LogP contribution in [0.4, 0.5) is 0 Å². The molecular formula is C9H13N3O2S. The molecule has 1 aromatic heterocycles. The number of carbonyl (C=O) groups is 2. The van der Waals surface area contributed by atoms with Gasteiger partial charge >= 0.3 is 0 Å². The van der Waals surface area contributed by atoms with Gasteiger partial charge in [-0.15, -0.1) is 5.10 Å². The molecule has 15 heavy (non-hydrogen) atoms. The summed E-state index contributed by atoms with van der Waals surface area (Å²) in [7, 11) is 0. The van der Waals surface area contributed by atoms with Crippen molar-refractivity contribution < 1.29 is 9.59 Å². The van der Waals surface area contributed by atoms with Gasteiger partial charge in [0.05, 0.1) is 6.54 Å². The number of ketones is 1. The molecule has 1 aromatic rings. The topological polar surface area (TPSA) is 72.0 Å². The van der Waals surface area contributed by atoms with Gasteiger partial charge in [0.2, 0.25) is 0 Å². The van der Waals surface area contributed by atoms with Gasteiger partial charge < -0.3 is 5.32 Å². The van der Waals surface area contributed by atoms with Gasteiger partial charge in [-0.2, -0.15) is 0 Å². The lowest BCUT2D eigenvalue weighted by molar-refractivity contribution is -0.118. The summed E-state index contributed by atoms with van der Waals surface area (Å²) < 4.78 is 3.56. The third-order valence-corrected chi connectivity index (χ3v) is 2.18. The Labute approximate surface area is 92.0 Å². The molecule has 0 radical (unpaired) electrons. The number of carbonyl (C=O) groups excluding carboxylic acids is 2. The lowest BCUT2D eigenvalue weighted by Gasteiger charge is -2.04. The van der Waals surface area contributed by atoms with Crippen molar-refractivity contribution in [1.29, 1.82) is 0 Å². The van der Waals surface area contributed by atoms with E-state index in [0.29, 0.717) is 12.3 Å². The number of nitrogens with zero attached hydrogens (tertiary/aromatic N) is 2. The molecule has 0 aliphatic heterocycles. The maximum atomic E-state index is 11.3. The van der Waals surface area contributed by atoms with Crippen LogP contribution in [-0.4, -0.2) is 27.8 Å². The van der Waals surface area contributed by atoms with Crippen molar-refractivity contribution in [2.45, 2.75) is 20.3 Å². The minimum absolute atomic E-state index is 0.0292. The Morgan fingerprint density at radius 3 is 2.80 bits per heavy atom. The molecule has 0 unspecified atom stereocenters. The number of aromatic nitrogens is 2. The van der Waals surface area contributed by atoms with Crippen LogP contribution in [-0.2, 0) is 4.79 Å². The van der Waals surface area contributed by atoms with Crippen LogP contribution in [0, 0.1) is 5.92 Å². The number of nitrogens with one attached hydrogen (secondary N) is 1. The van der Waals surface area contributed by atoms with Gasteiger partial charge in [0.1, 0.15) is 0 Å². The fourth-order valence-corrected chi connectivity index (χ4v) is 1.50. The van der Waals surface area contributed by atoms with Crippen LogP contribution >= 0.6 is 11.5 Å². The van der Waals surface area contributed by atoms with E-state index in [1.807, 2.05) is 13.8 Å². The summed E-state index contributed by atoms with van der Waals surface area (Å²) in [6.07, 6.45) is 0.482. The minimum Gasteiger partial charge on any atom is -0.344 e. The second kappa shape index (κ2) is 5.55. The first kappa shape index (κ1) is 11.8. The van der Waals surface area contributed by atoms with Crippen LogP contribution < -0.4 is 5.32 Å². The lowest BCUT2D eigenvalue weighted by Crippen LogP contribution is -2.30. The molecule has 0 bridgehead atoms.